The molecular formula is C17H15Cl2NO5. The van der Waals surface area contributed by atoms with Gasteiger partial charge in [0.25, 0.3) is 5.91 Å². The molecule has 0 bridgehead atoms. The van der Waals surface area contributed by atoms with Crippen LogP contribution in [0.3, 0.4) is 0 Å². The topological polar surface area (TPSA) is 73.9 Å². The summed E-state index contributed by atoms with van der Waals surface area (Å²) < 4.78 is 15.1. The van der Waals surface area contributed by atoms with Crippen molar-refractivity contribution in [3.63, 3.8) is 0 Å². The average Bonchev–Trinajstić information content (AvgIpc) is 2.62. The first-order valence-corrected chi connectivity index (χ1v) is 7.91. The van der Waals surface area contributed by atoms with E-state index in [4.69, 9.17) is 37.4 Å². The second kappa shape index (κ2) is 9.15. The second-order valence-electron chi connectivity index (χ2n) is 4.77. The summed E-state index contributed by atoms with van der Waals surface area (Å²) in [5.41, 5.74) is 0.265. The Morgan fingerprint density at radius 3 is 2.16 bits per heavy atom. The molecule has 2 aromatic carbocycles. The van der Waals surface area contributed by atoms with Gasteiger partial charge in [-0.05, 0) is 36.4 Å². The maximum Gasteiger partial charge on any atom is 0.344 e. The Hall–Kier alpha value is -2.44. The highest BCUT2D eigenvalue weighted by molar-refractivity contribution is 6.39. The third-order valence-electron chi connectivity index (χ3n) is 3.01. The van der Waals surface area contributed by atoms with Gasteiger partial charge < -0.3 is 19.5 Å². The molecular weight excluding hydrogens is 369 g/mol. The summed E-state index contributed by atoms with van der Waals surface area (Å²) >= 11 is 11.9. The van der Waals surface area contributed by atoms with Crippen molar-refractivity contribution in [2.45, 2.75) is 0 Å². The van der Waals surface area contributed by atoms with Crippen LogP contribution < -0.4 is 14.8 Å². The molecule has 6 nitrogen and oxygen atoms in total. The molecule has 8 heteroatoms. The van der Waals surface area contributed by atoms with E-state index in [2.05, 4.69) is 5.32 Å². The highest BCUT2D eigenvalue weighted by atomic mass is 35.5. The lowest BCUT2D eigenvalue weighted by Crippen LogP contribution is -2.23. The van der Waals surface area contributed by atoms with Gasteiger partial charge in [-0.15, -0.1) is 0 Å². The number of benzene rings is 2. The quantitative estimate of drug-likeness (QED) is 0.739. The van der Waals surface area contributed by atoms with E-state index in [1.165, 1.54) is 0 Å². The number of rotatable bonds is 7. The number of anilines is 1. The van der Waals surface area contributed by atoms with Gasteiger partial charge in [0.15, 0.2) is 13.2 Å². The standard InChI is InChI=1S/C17H15Cl2NO5/c1-23-11-5-7-12(8-6-11)24-10-16(22)25-9-15(21)20-17-13(18)3-2-4-14(17)19/h2-8H,9-10H2,1H3,(H,20,21). The van der Waals surface area contributed by atoms with Gasteiger partial charge in [0.1, 0.15) is 11.5 Å². The molecule has 1 amide bonds. The molecule has 2 rings (SSSR count). The van der Waals surface area contributed by atoms with E-state index >= 15 is 0 Å². The van der Waals surface area contributed by atoms with Gasteiger partial charge in [0.05, 0.1) is 22.8 Å². The van der Waals surface area contributed by atoms with Crippen LogP contribution >= 0.6 is 23.2 Å². The number of ether oxygens (including phenoxy) is 3. The number of hydrogen-bond acceptors (Lipinski definition) is 5. The van der Waals surface area contributed by atoms with Crippen LogP contribution in [0, 0.1) is 0 Å². The van der Waals surface area contributed by atoms with E-state index in [-0.39, 0.29) is 22.3 Å². The third kappa shape index (κ3) is 5.85. The molecule has 0 unspecified atom stereocenters. The molecule has 132 valence electrons. The van der Waals surface area contributed by atoms with Crippen LogP contribution in [0.2, 0.25) is 10.0 Å². The number of para-hydroxylation sites is 1. The summed E-state index contributed by atoms with van der Waals surface area (Å²) in [6.07, 6.45) is 0. The zero-order chi connectivity index (χ0) is 18.2. The molecule has 25 heavy (non-hydrogen) atoms. The molecule has 0 aliphatic heterocycles. The monoisotopic (exact) mass is 383 g/mol. The SMILES string of the molecule is COc1ccc(OCC(=O)OCC(=O)Nc2c(Cl)cccc2Cl)cc1. The van der Waals surface area contributed by atoms with Crippen molar-refractivity contribution in [3.8, 4) is 11.5 Å². The fraction of sp³-hybridized carbons (Fsp3) is 0.176. The van der Waals surface area contributed by atoms with E-state index in [9.17, 15) is 9.59 Å². The van der Waals surface area contributed by atoms with Gasteiger partial charge in [0.2, 0.25) is 0 Å². The fourth-order valence-corrected chi connectivity index (χ4v) is 2.29. The summed E-state index contributed by atoms with van der Waals surface area (Å²) in [4.78, 5) is 23.4. The first kappa shape index (κ1) is 18.9. The molecule has 2 aromatic rings. The van der Waals surface area contributed by atoms with Crippen molar-refractivity contribution in [1.82, 2.24) is 0 Å². The lowest BCUT2D eigenvalue weighted by atomic mass is 10.3. The first-order chi connectivity index (χ1) is 12.0. The normalized spacial score (nSPS) is 10.0. The number of esters is 1. The highest BCUT2D eigenvalue weighted by Gasteiger charge is 2.12. The molecule has 0 radical (unpaired) electrons. The number of carbonyl (C=O) groups is 2. The summed E-state index contributed by atoms with van der Waals surface area (Å²) in [5.74, 6) is -0.0982. The largest absolute Gasteiger partial charge is 0.497 e. The predicted octanol–water partition coefficient (Wildman–Crippen LogP) is 3.56. The predicted molar refractivity (Wildman–Crippen MR) is 94.5 cm³/mol. The molecule has 0 aliphatic carbocycles. The summed E-state index contributed by atoms with van der Waals surface area (Å²) in [5, 5.41) is 3.06. The molecule has 0 saturated carbocycles. The average molecular weight is 384 g/mol. The van der Waals surface area contributed by atoms with Gasteiger partial charge in [-0.25, -0.2) is 4.79 Å². The van der Waals surface area contributed by atoms with E-state index in [0.29, 0.717) is 11.5 Å². The summed E-state index contributed by atoms with van der Waals surface area (Å²) in [7, 11) is 1.55. The lowest BCUT2D eigenvalue weighted by molar-refractivity contribution is -0.149. The summed E-state index contributed by atoms with van der Waals surface area (Å²) in [6.45, 7) is -0.807. The van der Waals surface area contributed by atoms with Gasteiger partial charge in [0, 0.05) is 0 Å². The van der Waals surface area contributed by atoms with Crippen LogP contribution in [-0.4, -0.2) is 32.2 Å². The van der Waals surface area contributed by atoms with E-state index in [0.717, 1.165) is 0 Å². The minimum Gasteiger partial charge on any atom is -0.497 e. The van der Waals surface area contributed by atoms with Crippen LogP contribution in [0.4, 0.5) is 5.69 Å². The summed E-state index contributed by atoms with van der Waals surface area (Å²) in [6, 6.07) is 11.5. The molecule has 0 atom stereocenters. The Bertz CT molecular complexity index is 729. The molecule has 0 aliphatic rings. The fourth-order valence-electron chi connectivity index (χ4n) is 1.79. The van der Waals surface area contributed by atoms with E-state index in [1.54, 1.807) is 49.6 Å². The van der Waals surface area contributed by atoms with Crippen LogP contribution in [0.25, 0.3) is 0 Å². The number of amides is 1. The zero-order valence-corrected chi connectivity index (χ0v) is 14.8. The Balaban J connectivity index is 1.76. The van der Waals surface area contributed by atoms with Crippen LogP contribution in [-0.2, 0) is 14.3 Å². The number of nitrogens with one attached hydrogen (secondary N) is 1. The van der Waals surface area contributed by atoms with Gasteiger partial charge in [-0.3, -0.25) is 4.79 Å². The van der Waals surface area contributed by atoms with Gasteiger partial charge >= 0.3 is 5.97 Å². The number of halogens is 2. The molecule has 0 spiro atoms. The third-order valence-corrected chi connectivity index (χ3v) is 3.64. The molecule has 0 heterocycles. The van der Waals surface area contributed by atoms with Crippen molar-refractivity contribution in [2.24, 2.45) is 0 Å². The van der Waals surface area contributed by atoms with Crippen molar-refractivity contribution in [3.05, 3.63) is 52.5 Å². The minimum atomic E-state index is -0.684. The number of methoxy groups -OCH3 is 1. The van der Waals surface area contributed by atoms with Gasteiger partial charge in [-0.1, -0.05) is 29.3 Å². The van der Waals surface area contributed by atoms with Crippen molar-refractivity contribution in [1.29, 1.82) is 0 Å². The van der Waals surface area contributed by atoms with Crippen LogP contribution in [0.1, 0.15) is 0 Å². The molecule has 0 fully saturated rings. The maximum atomic E-state index is 11.8. The Kier molecular flexibility index (Phi) is 6.91. The van der Waals surface area contributed by atoms with Crippen molar-refractivity contribution >= 4 is 40.8 Å². The van der Waals surface area contributed by atoms with E-state index in [1.807, 2.05) is 0 Å². The number of carbonyl (C=O) groups excluding carboxylic acids is 2. The minimum absolute atomic E-state index is 0.265. The Labute approximate surface area is 154 Å². The number of hydrogen-bond donors (Lipinski definition) is 1. The smallest absolute Gasteiger partial charge is 0.344 e. The van der Waals surface area contributed by atoms with Gasteiger partial charge in [-0.2, -0.15) is 0 Å². The Morgan fingerprint density at radius 1 is 0.960 bits per heavy atom. The molecule has 0 aromatic heterocycles. The zero-order valence-electron chi connectivity index (χ0n) is 13.3. The molecule has 1 N–H and O–H groups in total. The van der Waals surface area contributed by atoms with Crippen molar-refractivity contribution < 1.29 is 23.8 Å². The van der Waals surface area contributed by atoms with Crippen molar-refractivity contribution in [2.75, 3.05) is 25.6 Å². The van der Waals surface area contributed by atoms with E-state index < -0.39 is 18.5 Å². The highest BCUT2D eigenvalue weighted by Crippen LogP contribution is 2.29. The maximum absolute atomic E-state index is 11.8. The first-order valence-electron chi connectivity index (χ1n) is 7.16. The second-order valence-corrected chi connectivity index (χ2v) is 5.58. The van der Waals surface area contributed by atoms with Crippen LogP contribution in [0.15, 0.2) is 42.5 Å². The Morgan fingerprint density at radius 2 is 1.56 bits per heavy atom. The molecule has 0 saturated heterocycles. The lowest BCUT2D eigenvalue weighted by Gasteiger charge is -2.10. The van der Waals surface area contributed by atoms with Crippen LogP contribution in [0.5, 0.6) is 11.5 Å².